The van der Waals surface area contributed by atoms with Crippen LogP contribution in [0.2, 0.25) is 0 Å². The first kappa shape index (κ1) is 14.6. The van der Waals surface area contributed by atoms with Gasteiger partial charge in [-0.15, -0.1) is 0 Å². The summed E-state index contributed by atoms with van der Waals surface area (Å²) in [7, 11) is 4.10. The maximum absolute atomic E-state index is 12.5. The summed E-state index contributed by atoms with van der Waals surface area (Å²) >= 11 is 0. The van der Waals surface area contributed by atoms with Crippen LogP contribution in [0.1, 0.15) is 42.7 Å². The van der Waals surface area contributed by atoms with E-state index in [1.54, 1.807) is 6.20 Å². The fraction of sp³-hybridized carbons (Fsp3) is 0.750. The highest BCUT2D eigenvalue weighted by Gasteiger charge is 2.37. The second-order valence-electron chi connectivity index (χ2n) is 6.81. The summed E-state index contributed by atoms with van der Waals surface area (Å²) in [5.74, 6) is 0.648. The molecule has 0 unspecified atom stereocenters. The molecule has 2 fully saturated rings. The Morgan fingerprint density at radius 2 is 1.81 bits per heavy atom. The van der Waals surface area contributed by atoms with E-state index in [-0.39, 0.29) is 5.91 Å². The third-order valence-corrected chi connectivity index (χ3v) is 5.39. The summed E-state index contributed by atoms with van der Waals surface area (Å²) in [5, 5.41) is 0. The van der Waals surface area contributed by atoms with Gasteiger partial charge in [0.05, 0.1) is 0 Å². The number of piperidine rings is 1. The van der Waals surface area contributed by atoms with Crippen LogP contribution in [0.5, 0.6) is 0 Å². The molecule has 5 heteroatoms. The van der Waals surface area contributed by atoms with Crippen LogP contribution in [0, 0.1) is 5.41 Å². The van der Waals surface area contributed by atoms with Crippen LogP contribution in [0.4, 0.5) is 0 Å². The average Bonchev–Trinajstić information content (AvgIpc) is 2.83. The van der Waals surface area contributed by atoms with Crippen molar-refractivity contribution >= 4 is 5.91 Å². The molecule has 0 atom stereocenters. The number of aryl methyl sites for hydroxylation is 1. The Morgan fingerprint density at radius 3 is 2.48 bits per heavy atom. The number of rotatable bonds is 1. The van der Waals surface area contributed by atoms with Gasteiger partial charge >= 0.3 is 0 Å². The molecule has 2 saturated heterocycles. The van der Waals surface area contributed by atoms with Gasteiger partial charge in [-0.25, -0.2) is 4.98 Å². The topological polar surface area (TPSA) is 41.4 Å². The molecule has 1 aromatic heterocycles. The lowest BCUT2D eigenvalue weighted by molar-refractivity contribution is 0.0528. The van der Waals surface area contributed by atoms with E-state index in [0.717, 1.165) is 25.9 Å². The van der Waals surface area contributed by atoms with Crippen molar-refractivity contribution in [3.63, 3.8) is 0 Å². The van der Waals surface area contributed by atoms with Gasteiger partial charge in [-0.1, -0.05) is 0 Å². The predicted octanol–water partition coefficient (Wildman–Crippen LogP) is 1.76. The molecule has 1 spiro atoms. The van der Waals surface area contributed by atoms with E-state index in [9.17, 15) is 4.79 Å². The summed E-state index contributed by atoms with van der Waals surface area (Å²) in [6.45, 7) is 4.19. The quantitative estimate of drug-likeness (QED) is 0.791. The summed E-state index contributed by atoms with van der Waals surface area (Å²) in [4.78, 5) is 21.1. The monoisotopic (exact) mass is 290 g/mol. The van der Waals surface area contributed by atoms with Gasteiger partial charge in [0.2, 0.25) is 0 Å². The van der Waals surface area contributed by atoms with Gasteiger partial charge in [0.1, 0.15) is 0 Å². The zero-order valence-electron chi connectivity index (χ0n) is 13.2. The predicted molar refractivity (Wildman–Crippen MR) is 82.1 cm³/mol. The molecule has 5 nitrogen and oxygen atoms in total. The molecular weight excluding hydrogens is 264 g/mol. The molecule has 0 aliphatic carbocycles. The Labute approximate surface area is 126 Å². The number of nitrogens with zero attached hydrogens (tertiary/aromatic N) is 4. The zero-order chi connectivity index (χ0) is 14.9. The molecule has 1 amide bonds. The van der Waals surface area contributed by atoms with Gasteiger partial charge in [-0.2, -0.15) is 0 Å². The van der Waals surface area contributed by atoms with Crippen LogP contribution >= 0.6 is 0 Å². The standard InChI is InChI=1S/C16H26N4O/c1-18-9-3-4-16(5-10-18)6-11-20(12-7-16)15(21)14-17-8-13-19(14)2/h8,13H,3-7,9-12H2,1-2H3. The highest BCUT2D eigenvalue weighted by molar-refractivity contribution is 5.90. The Hall–Kier alpha value is -1.36. The molecule has 116 valence electrons. The van der Waals surface area contributed by atoms with E-state index in [1.165, 1.54) is 32.4 Å². The first-order valence-corrected chi connectivity index (χ1v) is 8.05. The van der Waals surface area contributed by atoms with Gasteiger partial charge in [0, 0.05) is 32.5 Å². The van der Waals surface area contributed by atoms with Crippen molar-refractivity contribution < 1.29 is 4.79 Å². The van der Waals surface area contributed by atoms with Gasteiger partial charge in [0.25, 0.3) is 5.91 Å². The lowest BCUT2D eigenvalue weighted by Crippen LogP contribution is -2.44. The van der Waals surface area contributed by atoms with Crippen molar-refractivity contribution in [2.24, 2.45) is 12.5 Å². The summed E-state index contributed by atoms with van der Waals surface area (Å²) < 4.78 is 1.81. The maximum Gasteiger partial charge on any atom is 0.289 e. The summed E-state index contributed by atoms with van der Waals surface area (Å²) in [6.07, 6.45) is 9.73. The molecule has 0 radical (unpaired) electrons. The molecule has 0 aromatic carbocycles. The van der Waals surface area contributed by atoms with Crippen LogP contribution in [0.3, 0.4) is 0 Å². The lowest BCUT2D eigenvalue weighted by Gasteiger charge is -2.41. The molecule has 0 N–H and O–H groups in total. The van der Waals surface area contributed by atoms with Crippen LogP contribution in [-0.4, -0.2) is 58.5 Å². The Balaban J connectivity index is 1.62. The highest BCUT2D eigenvalue weighted by atomic mass is 16.2. The number of hydrogen-bond acceptors (Lipinski definition) is 3. The molecule has 2 aliphatic heterocycles. The molecule has 21 heavy (non-hydrogen) atoms. The van der Waals surface area contributed by atoms with Crippen molar-refractivity contribution in [1.82, 2.24) is 19.4 Å². The third kappa shape index (κ3) is 2.98. The smallest absolute Gasteiger partial charge is 0.289 e. The van der Waals surface area contributed by atoms with Crippen LogP contribution in [0.25, 0.3) is 0 Å². The van der Waals surface area contributed by atoms with E-state index in [0.29, 0.717) is 11.2 Å². The molecule has 2 aliphatic rings. The number of amides is 1. The van der Waals surface area contributed by atoms with E-state index in [2.05, 4.69) is 16.9 Å². The van der Waals surface area contributed by atoms with Crippen molar-refractivity contribution in [2.45, 2.75) is 32.1 Å². The van der Waals surface area contributed by atoms with Gasteiger partial charge in [-0.05, 0) is 57.7 Å². The van der Waals surface area contributed by atoms with Crippen molar-refractivity contribution in [3.8, 4) is 0 Å². The summed E-state index contributed by atoms with van der Waals surface area (Å²) in [5.41, 5.74) is 0.475. The fourth-order valence-corrected chi connectivity index (χ4v) is 3.79. The fourth-order valence-electron chi connectivity index (χ4n) is 3.79. The average molecular weight is 290 g/mol. The van der Waals surface area contributed by atoms with E-state index in [1.807, 2.05) is 22.7 Å². The Bertz CT molecular complexity index is 502. The number of likely N-dealkylation sites (tertiary alicyclic amines) is 2. The first-order chi connectivity index (χ1) is 10.1. The second-order valence-corrected chi connectivity index (χ2v) is 6.81. The van der Waals surface area contributed by atoms with Gasteiger partial charge in [0.15, 0.2) is 5.82 Å². The van der Waals surface area contributed by atoms with Gasteiger partial charge in [-0.3, -0.25) is 4.79 Å². The minimum Gasteiger partial charge on any atom is -0.336 e. The van der Waals surface area contributed by atoms with E-state index in [4.69, 9.17) is 0 Å². The zero-order valence-corrected chi connectivity index (χ0v) is 13.2. The lowest BCUT2D eigenvalue weighted by atomic mass is 9.73. The number of carbonyl (C=O) groups excluding carboxylic acids is 1. The highest BCUT2D eigenvalue weighted by Crippen LogP contribution is 2.41. The molecule has 1 aromatic rings. The maximum atomic E-state index is 12.5. The number of aromatic nitrogens is 2. The first-order valence-electron chi connectivity index (χ1n) is 8.05. The number of hydrogen-bond donors (Lipinski definition) is 0. The van der Waals surface area contributed by atoms with Crippen molar-refractivity contribution in [1.29, 1.82) is 0 Å². The molecular formula is C16H26N4O. The third-order valence-electron chi connectivity index (χ3n) is 5.39. The van der Waals surface area contributed by atoms with Crippen LogP contribution in [-0.2, 0) is 7.05 Å². The normalized spacial score (nSPS) is 23.2. The molecule has 3 rings (SSSR count). The second kappa shape index (κ2) is 5.79. The minimum atomic E-state index is 0.0862. The van der Waals surface area contributed by atoms with Crippen LogP contribution in [0.15, 0.2) is 12.4 Å². The van der Waals surface area contributed by atoms with E-state index >= 15 is 0 Å². The number of imidazole rings is 1. The molecule has 0 bridgehead atoms. The Kier molecular flexibility index (Phi) is 4.02. The molecule has 3 heterocycles. The van der Waals surface area contributed by atoms with E-state index < -0.39 is 0 Å². The van der Waals surface area contributed by atoms with Crippen molar-refractivity contribution in [2.75, 3.05) is 33.2 Å². The van der Waals surface area contributed by atoms with Crippen LogP contribution < -0.4 is 0 Å². The largest absolute Gasteiger partial charge is 0.336 e. The van der Waals surface area contributed by atoms with Gasteiger partial charge < -0.3 is 14.4 Å². The molecule has 0 saturated carbocycles. The Morgan fingerprint density at radius 1 is 1.10 bits per heavy atom. The number of carbonyl (C=O) groups is 1. The minimum absolute atomic E-state index is 0.0862. The van der Waals surface area contributed by atoms with Crippen molar-refractivity contribution in [3.05, 3.63) is 18.2 Å². The SMILES string of the molecule is CN1CCCC2(CC1)CCN(C(=O)c1nccn1C)CC2. The summed E-state index contributed by atoms with van der Waals surface area (Å²) in [6, 6.07) is 0.